The number of aliphatic hydroxyl groups is 3. The Hall–Kier alpha value is -0.320. The van der Waals surface area contributed by atoms with Gasteiger partial charge in [-0.2, -0.15) is 0 Å². The molecule has 0 aromatic heterocycles. The summed E-state index contributed by atoms with van der Waals surface area (Å²) in [5.74, 6) is 0. The Labute approximate surface area is 117 Å². The van der Waals surface area contributed by atoms with Crippen molar-refractivity contribution in [3.8, 4) is 0 Å². The van der Waals surface area contributed by atoms with Crippen LogP contribution in [-0.2, 0) is 9.47 Å². The van der Waals surface area contributed by atoms with Crippen LogP contribution in [0.1, 0.15) is 19.3 Å². The van der Waals surface area contributed by atoms with Gasteiger partial charge in [0.1, 0.15) is 12.2 Å². The monoisotopic (exact) mass is 291 g/mol. The van der Waals surface area contributed by atoms with Crippen LogP contribution in [0.5, 0.6) is 0 Å². The summed E-state index contributed by atoms with van der Waals surface area (Å²) >= 11 is 0. The van der Waals surface area contributed by atoms with Crippen molar-refractivity contribution < 1.29 is 24.8 Å². The van der Waals surface area contributed by atoms with Crippen LogP contribution in [0.15, 0.2) is 0 Å². The molecular weight excluding hydrogens is 266 g/mol. The van der Waals surface area contributed by atoms with E-state index in [2.05, 4.69) is 0 Å². The minimum Gasteiger partial charge on any atom is -0.390 e. The summed E-state index contributed by atoms with van der Waals surface area (Å²) in [6, 6.07) is -0.580. The summed E-state index contributed by atoms with van der Waals surface area (Å²) in [6.07, 6.45) is -3.76. The first-order valence-corrected chi connectivity index (χ1v) is 6.98. The minimum atomic E-state index is -0.984. The van der Waals surface area contributed by atoms with Gasteiger partial charge < -0.3 is 42.0 Å². The highest BCUT2D eigenvalue weighted by Gasteiger charge is 2.41. The van der Waals surface area contributed by atoms with Gasteiger partial charge in [0.05, 0.1) is 18.3 Å². The second-order valence-corrected chi connectivity index (χ2v) is 5.71. The number of ether oxygens (including phenoxy) is 2. The zero-order valence-electron chi connectivity index (χ0n) is 11.3. The Kier molecular flexibility index (Phi) is 5.32. The lowest BCUT2D eigenvalue weighted by molar-refractivity contribution is -0.289. The van der Waals surface area contributed by atoms with Crippen molar-refractivity contribution in [2.75, 3.05) is 6.54 Å². The summed E-state index contributed by atoms with van der Waals surface area (Å²) in [5.41, 5.74) is 17.2. The van der Waals surface area contributed by atoms with Crippen LogP contribution < -0.4 is 17.2 Å². The molecule has 20 heavy (non-hydrogen) atoms. The van der Waals surface area contributed by atoms with Gasteiger partial charge in [0.25, 0.3) is 0 Å². The zero-order valence-corrected chi connectivity index (χ0v) is 11.3. The van der Waals surface area contributed by atoms with Crippen molar-refractivity contribution in [1.29, 1.82) is 0 Å². The topological polar surface area (TPSA) is 157 Å². The molecule has 2 aliphatic rings. The van der Waals surface area contributed by atoms with Crippen LogP contribution in [0.3, 0.4) is 0 Å². The molecule has 0 aromatic carbocycles. The van der Waals surface area contributed by atoms with E-state index in [1.807, 2.05) is 0 Å². The van der Waals surface area contributed by atoms with Gasteiger partial charge in [-0.3, -0.25) is 0 Å². The second-order valence-electron chi connectivity index (χ2n) is 5.71. The third kappa shape index (κ3) is 3.46. The molecule has 2 rings (SSSR count). The fourth-order valence-corrected chi connectivity index (χ4v) is 2.86. The lowest BCUT2D eigenvalue weighted by atomic mass is 9.87. The Bertz CT molecular complexity index is 309. The molecule has 0 spiro atoms. The average Bonchev–Trinajstić information content (AvgIpc) is 2.35. The fraction of sp³-hybridized carbons (Fsp3) is 1.00. The minimum absolute atomic E-state index is 0.115. The van der Waals surface area contributed by atoms with Gasteiger partial charge in [-0.25, -0.2) is 0 Å². The molecule has 1 saturated heterocycles. The number of hydrogen-bond acceptors (Lipinski definition) is 8. The van der Waals surface area contributed by atoms with E-state index >= 15 is 0 Å². The SMILES string of the molecule is NC[C@H]1O[C@H](O[C@H]2[C@H](N)C[C@H](N)C[C@@H]2O)[C@H](O)C[C@@H]1O. The Balaban J connectivity index is 1.97. The van der Waals surface area contributed by atoms with Crippen molar-refractivity contribution in [2.24, 2.45) is 17.2 Å². The van der Waals surface area contributed by atoms with Crippen LogP contribution >= 0.6 is 0 Å². The van der Waals surface area contributed by atoms with Gasteiger partial charge in [-0.1, -0.05) is 0 Å². The predicted molar refractivity (Wildman–Crippen MR) is 70.4 cm³/mol. The van der Waals surface area contributed by atoms with E-state index in [0.29, 0.717) is 12.8 Å². The lowest BCUT2D eigenvalue weighted by Gasteiger charge is -2.42. The Morgan fingerprint density at radius 1 is 1.00 bits per heavy atom. The molecule has 8 atom stereocenters. The molecule has 8 nitrogen and oxygen atoms in total. The van der Waals surface area contributed by atoms with Crippen molar-refractivity contribution in [3.05, 3.63) is 0 Å². The molecule has 1 aliphatic carbocycles. The van der Waals surface area contributed by atoms with Gasteiger partial charge in [0, 0.05) is 25.0 Å². The van der Waals surface area contributed by atoms with Crippen molar-refractivity contribution in [1.82, 2.24) is 0 Å². The quantitative estimate of drug-likeness (QED) is 0.320. The van der Waals surface area contributed by atoms with Gasteiger partial charge in [0.2, 0.25) is 0 Å². The van der Waals surface area contributed by atoms with Crippen LogP contribution in [0.25, 0.3) is 0 Å². The summed E-state index contributed by atoms with van der Waals surface area (Å²) in [6.45, 7) is 0.123. The summed E-state index contributed by atoms with van der Waals surface area (Å²) in [5, 5.41) is 29.6. The Morgan fingerprint density at radius 2 is 1.70 bits per heavy atom. The third-order valence-electron chi connectivity index (χ3n) is 3.98. The maximum atomic E-state index is 10.0. The normalized spacial score (nSPS) is 50.1. The lowest BCUT2D eigenvalue weighted by Crippen LogP contribution is -2.58. The van der Waals surface area contributed by atoms with Crippen LogP contribution in [-0.4, -0.2) is 70.8 Å². The maximum Gasteiger partial charge on any atom is 0.184 e. The molecule has 8 heteroatoms. The Morgan fingerprint density at radius 3 is 2.30 bits per heavy atom. The summed E-state index contributed by atoms with van der Waals surface area (Å²) < 4.78 is 11.1. The van der Waals surface area contributed by atoms with E-state index < -0.39 is 42.9 Å². The van der Waals surface area contributed by atoms with E-state index in [-0.39, 0.29) is 19.0 Å². The molecule has 0 amide bonds. The molecule has 9 N–H and O–H groups in total. The van der Waals surface area contributed by atoms with Crippen LogP contribution in [0.2, 0.25) is 0 Å². The van der Waals surface area contributed by atoms with Gasteiger partial charge in [-0.05, 0) is 12.8 Å². The maximum absolute atomic E-state index is 10.0. The van der Waals surface area contributed by atoms with Gasteiger partial charge in [-0.15, -0.1) is 0 Å². The first-order chi connectivity index (χ1) is 9.42. The molecule has 0 radical (unpaired) electrons. The molecule has 1 saturated carbocycles. The number of rotatable bonds is 3. The standard InChI is InChI=1S/C12H25N3O5/c13-4-10-7(16)3-9(18)12(19-10)20-11-6(15)1-5(14)2-8(11)17/h5-12,16-18H,1-4,13-15H2/t5-,6+,7-,8-,9+,10+,11-,12+/m0/s1. The molecule has 1 aliphatic heterocycles. The van der Waals surface area contributed by atoms with E-state index in [1.54, 1.807) is 0 Å². The van der Waals surface area contributed by atoms with Crippen LogP contribution in [0.4, 0.5) is 0 Å². The molecule has 0 bridgehead atoms. The van der Waals surface area contributed by atoms with E-state index in [9.17, 15) is 15.3 Å². The third-order valence-corrected chi connectivity index (χ3v) is 3.98. The molecule has 0 unspecified atom stereocenters. The fourth-order valence-electron chi connectivity index (χ4n) is 2.86. The van der Waals surface area contributed by atoms with Crippen molar-refractivity contribution in [2.45, 2.75) is 68.2 Å². The summed E-state index contributed by atoms with van der Waals surface area (Å²) in [7, 11) is 0. The highest BCUT2D eigenvalue weighted by molar-refractivity contribution is 4.92. The number of aliphatic hydroxyl groups excluding tert-OH is 3. The average molecular weight is 291 g/mol. The predicted octanol–water partition coefficient (Wildman–Crippen LogP) is -3.02. The van der Waals surface area contributed by atoms with E-state index in [0.717, 1.165) is 0 Å². The molecule has 2 fully saturated rings. The van der Waals surface area contributed by atoms with Crippen molar-refractivity contribution >= 4 is 0 Å². The highest BCUT2D eigenvalue weighted by Crippen LogP contribution is 2.26. The largest absolute Gasteiger partial charge is 0.390 e. The second kappa shape index (κ2) is 6.63. The highest BCUT2D eigenvalue weighted by atomic mass is 16.7. The van der Waals surface area contributed by atoms with Gasteiger partial charge in [0.15, 0.2) is 6.29 Å². The molecule has 0 aromatic rings. The van der Waals surface area contributed by atoms with Gasteiger partial charge >= 0.3 is 0 Å². The molecular formula is C12H25N3O5. The first-order valence-electron chi connectivity index (χ1n) is 6.98. The molecule has 118 valence electrons. The number of hydrogen-bond donors (Lipinski definition) is 6. The summed E-state index contributed by atoms with van der Waals surface area (Å²) in [4.78, 5) is 0. The van der Waals surface area contributed by atoms with Crippen molar-refractivity contribution in [3.63, 3.8) is 0 Å². The van der Waals surface area contributed by atoms with E-state index in [4.69, 9.17) is 26.7 Å². The van der Waals surface area contributed by atoms with Crippen LogP contribution in [0, 0.1) is 0 Å². The number of nitrogens with two attached hydrogens (primary N) is 3. The zero-order chi connectivity index (χ0) is 14.9. The van der Waals surface area contributed by atoms with E-state index in [1.165, 1.54) is 0 Å². The smallest absolute Gasteiger partial charge is 0.184 e. The molecule has 1 heterocycles. The first kappa shape index (κ1) is 16.1.